The topological polar surface area (TPSA) is 55.2 Å². The second-order valence-corrected chi connectivity index (χ2v) is 6.02. The van der Waals surface area contributed by atoms with Gasteiger partial charge in [-0.3, -0.25) is 10.1 Å². The molecule has 1 N–H and O–H groups in total. The van der Waals surface area contributed by atoms with Crippen molar-refractivity contribution in [3.8, 4) is 0 Å². The van der Waals surface area contributed by atoms with Crippen LogP contribution < -0.4 is 5.32 Å². The van der Waals surface area contributed by atoms with Crippen LogP contribution in [0.2, 0.25) is 0 Å². The number of non-ortho nitro benzene ring substituents is 1. The zero-order chi connectivity index (χ0) is 14.7. The van der Waals surface area contributed by atoms with Crippen LogP contribution in [0.1, 0.15) is 18.5 Å². The fraction of sp³-hybridized carbons (Fsp3) is 0.143. The van der Waals surface area contributed by atoms with Gasteiger partial charge in [0.1, 0.15) is 0 Å². The van der Waals surface area contributed by atoms with E-state index in [9.17, 15) is 10.1 Å². The quantitative estimate of drug-likeness (QED) is 0.561. The summed E-state index contributed by atoms with van der Waals surface area (Å²) in [5, 5.41) is 14.0. The third kappa shape index (κ3) is 3.37. The average Bonchev–Trinajstić information content (AvgIpc) is 2.41. The minimum Gasteiger partial charge on any atom is -0.378 e. The predicted octanol–water partition coefficient (Wildman–Crippen LogP) is 5.29. The highest BCUT2D eigenvalue weighted by molar-refractivity contribution is 9.11. The molecule has 0 aliphatic rings. The van der Waals surface area contributed by atoms with Crippen LogP contribution in [-0.4, -0.2) is 4.92 Å². The molecular weight excluding hydrogens is 388 g/mol. The van der Waals surface area contributed by atoms with Gasteiger partial charge in [-0.25, -0.2) is 0 Å². The molecule has 1 unspecified atom stereocenters. The van der Waals surface area contributed by atoms with E-state index >= 15 is 0 Å². The molecule has 0 aliphatic heterocycles. The molecule has 0 fully saturated rings. The molecule has 0 saturated heterocycles. The van der Waals surface area contributed by atoms with Gasteiger partial charge >= 0.3 is 0 Å². The molecule has 0 radical (unpaired) electrons. The van der Waals surface area contributed by atoms with Crippen LogP contribution in [0.15, 0.2) is 51.4 Å². The number of nitrogens with one attached hydrogen (secondary N) is 1. The number of nitro benzene ring substituents is 1. The van der Waals surface area contributed by atoms with Gasteiger partial charge in [0, 0.05) is 32.8 Å². The second kappa shape index (κ2) is 6.37. The van der Waals surface area contributed by atoms with E-state index in [0.717, 1.165) is 15.7 Å². The lowest BCUT2D eigenvalue weighted by molar-refractivity contribution is -0.384. The number of benzene rings is 2. The van der Waals surface area contributed by atoms with Crippen LogP contribution in [0.5, 0.6) is 0 Å². The standard InChI is InChI=1S/C14H12Br2N2O2/c1-9(11-4-2-3-5-12(11)15)17-14-7-6-10(18(19)20)8-13(14)16/h2-9,17H,1H3. The summed E-state index contributed by atoms with van der Waals surface area (Å²) in [5.74, 6) is 0. The van der Waals surface area contributed by atoms with Crippen LogP contribution >= 0.6 is 31.9 Å². The van der Waals surface area contributed by atoms with Gasteiger partial charge in [0.25, 0.3) is 5.69 Å². The number of hydrogen-bond donors (Lipinski definition) is 1. The number of nitro groups is 1. The lowest BCUT2D eigenvalue weighted by Crippen LogP contribution is -2.07. The summed E-state index contributed by atoms with van der Waals surface area (Å²) >= 11 is 6.87. The Hall–Kier alpha value is -1.40. The molecule has 104 valence electrons. The number of rotatable bonds is 4. The van der Waals surface area contributed by atoms with Crippen molar-refractivity contribution in [3.63, 3.8) is 0 Å². The highest BCUT2D eigenvalue weighted by atomic mass is 79.9. The Kier molecular flexibility index (Phi) is 4.77. The smallest absolute Gasteiger partial charge is 0.270 e. The largest absolute Gasteiger partial charge is 0.378 e. The maximum Gasteiger partial charge on any atom is 0.270 e. The Morgan fingerprint density at radius 2 is 1.85 bits per heavy atom. The molecule has 0 heterocycles. The molecule has 0 aromatic heterocycles. The van der Waals surface area contributed by atoms with Crippen molar-refractivity contribution in [1.82, 2.24) is 0 Å². The van der Waals surface area contributed by atoms with Crippen molar-refractivity contribution in [2.75, 3.05) is 5.32 Å². The molecule has 20 heavy (non-hydrogen) atoms. The SMILES string of the molecule is CC(Nc1ccc([N+](=O)[O-])cc1Br)c1ccccc1Br. The summed E-state index contributed by atoms with van der Waals surface area (Å²) in [4.78, 5) is 10.3. The minimum atomic E-state index is -0.411. The number of anilines is 1. The summed E-state index contributed by atoms with van der Waals surface area (Å²) < 4.78 is 1.70. The zero-order valence-corrected chi connectivity index (χ0v) is 13.8. The van der Waals surface area contributed by atoms with Crippen LogP contribution in [0.25, 0.3) is 0 Å². The van der Waals surface area contributed by atoms with E-state index in [1.54, 1.807) is 6.07 Å². The molecule has 1 atom stereocenters. The van der Waals surface area contributed by atoms with Crippen molar-refractivity contribution in [3.05, 3.63) is 67.1 Å². The van der Waals surface area contributed by atoms with Crippen LogP contribution in [0, 0.1) is 10.1 Å². The fourth-order valence-corrected chi connectivity index (χ4v) is 2.98. The predicted molar refractivity (Wildman–Crippen MR) is 87.0 cm³/mol. The van der Waals surface area contributed by atoms with E-state index in [1.807, 2.05) is 31.2 Å². The fourth-order valence-electron chi connectivity index (χ4n) is 1.87. The minimum absolute atomic E-state index is 0.0657. The maximum atomic E-state index is 10.7. The summed E-state index contributed by atoms with van der Waals surface area (Å²) in [6.07, 6.45) is 0. The summed E-state index contributed by atoms with van der Waals surface area (Å²) in [7, 11) is 0. The van der Waals surface area contributed by atoms with Crippen molar-refractivity contribution in [2.24, 2.45) is 0 Å². The monoisotopic (exact) mass is 398 g/mol. The summed E-state index contributed by atoms with van der Waals surface area (Å²) in [6.45, 7) is 2.04. The van der Waals surface area contributed by atoms with Crippen LogP contribution in [-0.2, 0) is 0 Å². The molecule has 0 saturated carbocycles. The molecule has 0 bridgehead atoms. The molecule has 6 heteroatoms. The molecule has 0 amide bonds. The van der Waals surface area contributed by atoms with Gasteiger partial charge < -0.3 is 5.32 Å². The van der Waals surface area contributed by atoms with Crippen molar-refractivity contribution < 1.29 is 4.92 Å². The third-order valence-electron chi connectivity index (χ3n) is 2.91. The van der Waals surface area contributed by atoms with Crippen molar-refractivity contribution in [1.29, 1.82) is 0 Å². The highest BCUT2D eigenvalue weighted by Crippen LogP contribution is 2.31. The Bertz CT molecular complexity index is 647. The molecule has 2 rings (SSSR count). The van der Waals surface area contributed by atoms with Gasteiger partial charge in [0.2, 0.25) is 0 Å². The second-order valence-electron chi connectivity index (χ2n) is 4.31. The normalized spacial score (nSPS) is 11.9. The van der Waals surface area contributed by atoms with Crippen molar-refractivity contribution >= 4 is 43.2 Å². The lowest BCUT2D eigenvalue weighted by atomic mass is 10.1. The van der Waals surface area contributed by atoms with Gasteiger partial charge in [0.15, 0.2) is 0 Å². The molecule has 2 aromatic rings. The lowest BCUT2D eigenvalue weighted by Gasteiger charge is -2.18. The molecular formula is C14H12Br2N2O2. The van der Waals surface area contributed by atoms with E-state index in [-0.39, 0.29) is 11.7 Å². The van der Waals surface area contributed by atoms with Crippen LogP contribution in [0.3, 0.4) is 0 Å². The first-order valence-corrected chi connectivity index (χ1v) is 7.52. The van der Waals surface area contributed by atoms with E-state index in [2.05, 4.69) is 37.2 Å². The van der Waals surface area contributed by atoms with Gasteiger partial charge in [-0.15, -0.1) is 0 Å². The molecule has 0 aliphatic carbocycles. The molecule has 2 aromatic carbocycles. The molecule has 0 spiro atoms. The maximum absolute atomic E-state index is 10.7. The first-order valence-electron chi connectivity index (χ1n) is 5.94. The first-order chi connectivity index (χ1) is 9.49. The van der Waals surface area contributed by atoms with Gasteiger partial charge in [-0.1, -0.05) is 34.1 Å². The number of halogens is 2. The summed E-state index contributed by atoms with van der Waals surface area (Å²) in [5.41, 5.74) is 2.01. The zero-order valence-electron chi connectivity index (χ0n) is 10.6. The Morgan fingerprint density at radius 3 is 2.45 bits per heavy atom. The van der Waals surface area contributed by atoms with E-state index in [1.165, 1.54) is 12.1 Å². The Balaban J connectivity index is 2.22. The van der Waals surface area contributed by atoms with E-state index in [0.29, 0.717) is 4.47 Å². The van der Waals surface area contributed by atoms with Crippen molar-refractivity contribution in [2.45, 2.75) is 13.0 Å². The summed E-state index contributed by atoms with van der Waals surface area (Å²) in [6, 6.07) is 12.7. The number of nitrogens with zero attached hydrogens (tertiary/aromatic N) is 1. The van der Waals surface area contributed by atoms with Gasteiger partial charge in [-0.05, 0) is 40.5 Å². The van der Waals surface area contributed by atoms with E-state index in [4.69, 9.17) is 0 Å². The Morgan fingerprint density at radius 1 is 1.15 bits per heavy atom. The number of hydrogen-bond acceptors (Lipinski definition) is 3. The van der Waals surface area contributed by atoms with Gasteiger partial charge in [-0.2, -0.15) is 0 Å². The van der Waals surface area contributed by atoms with Crippen LogP contribution in [0.4, 0.5) is 11.4 Å². The molecule has 4 nitrogen and oxygen atoms in total. The van der Waals surface area contributed by atoms with Gasteiger partial charge in [0.05, 0.1) is 4.92 Å². The first kappa shape index (κ1) is 15.0. The van der Waals surface area contributed by atoms with E-state index < -0.39 is 4.92 Å². The Labute approximate surface area is 133 Å². The highest BCUT2D eigenvalue weighted by Gasteiger charge is 2.13. The average molecular weight is 400 g/mol. The third-order valence-corrected chi connectivity index (χ3v) is 4.29.